The minimum absolute atomic E-state index is 0.131. The molecule has 2 N–H and O–H groups in total. The van der Waals surface area contributed by atoms with Gasteiger partial charge in [-0.25, -0.2) is 13.4 Å². The average molecular weight is 230 g/mol. The van der Waals surface area contributed by atoms with Crippen molar-refractivity contribution >= 4 is 15.8 Å². The average Bonchev–Trinajstić information content (AvgIpc) is 2.64. The number of hydrogen-bond acceptors (Lipinski definition) is 5. The van der Waals surface area contributed by atoms with Crippen LogP contribution in [0.25, 0.3) is 0 Å². The van der Waals surface area contributed by atoms with Gasteiger partial charge in [-0.3, -0.25) is 4.68 Å². The lowest BCUT2D eigenvalue weighted by molar-refractivity contribution is 0.431. The maximum Gasteiger partial charge on any atom is 0.239 e. The molecule has 0 atom stereocenters. The number of anilines is 1. The highest BCUT2D eigenvalue weighted by Crippen LogP contribution is 2.47. The van der Waals surface area contributed by atoms with Crippen LogP contribution < -0.4 is 5.73 Å². The van der Waals surface area contributed by atoms with E-state index in [4.69, 9.17) is 5.73 Å². The van der Waals surface area contributed by atoms with Gasteiger partial charge < -0.3 is 5.73 Å². The highest BCUT2D eigenvalue weighted by Gasteiger charge is 2.45. The van der Waals surface area contributed by atoms with Crippen LogP contribution in [0.15, 0.2) is 6.33 Å². The van der Waals surface area contributed by atoms with Crippen LogP contribution in [-0.2, 0) is 16.4 Å². The molecule has 1 fully saturated rings. The Labute approximate surface area is 88.4 Å². The molecule has 0 bridgehead atoms. The van der Waals surface area contributed by atoms with E-state index in [0.717, 1.165) is 12.8 Å². The molecule has 1 heterocycles. The third kappa shape index (κ3) is 2.68. The summed E-state index contributed by atoms with van der Waals surface area (Å²) >= 11 is 0. The second kappa shape index (κ2) is 3.19. The summed E-state index contributed by atoms with van der Waals surface area (Å²) < 4.78 is 24.0. The maximum absolute atomic E-state index is 11.2. The summed E-state index contributed by atoms with van der Waals surface area (Å²) in [5, 5.41) is 3.95. The number of hydrogen-bond donors (Lipinski definition) is 1. The molecule has 84 valence electrons. The van der Waals surface area contributed by atoms with E-state index in [-0.39, 0.29) is 17.1 Å². The molecule has 1 aromatic rings. The Balaban J connectivity index is 2.06. The molecule has 0 aromatic carbocycles. The smallest absolute Gasteiger partial charge is 0.239 e. The van der Waals surface area contributed by atoms with Crippen molar-refractivity contribution in [1.29, 1.82) is 0 Å². The Bertz CT molecular complexity index is 461. The van der Waals surface area contributed by atoms with Crippen LogP contribution in [-0.4, -0.2) is 35.2 Å². The fourth-order valence-corrected chi connectivity index (χ4v) is 3.30. The predicted octanol–water partition coefficient (Wildman–Crippen LogP) is -0.315. The molecule has 0 amide bonds. The standard InChI is InChI=1S/C8H14N4O2S/c1-15(13,14)5-8(2-3-8)4-12-6-10-7(9)11-12/h6H,2-5H2,1H3,(H2,9,11). The molecule has 0 saturated heterocycles. The van der Waals surface area contributed by atoms with Crippen molar-refractivity contribution in [2.45, 2.75) is 19.4 Å². The van der Waals surface area contributed by atoms with E-state index < -0.39 is 9.84 Å². The van der Waals surface area contributed by atoms with Gasteiger partial charge in [0, 0.05) is 18.2 Å². The van der Waals surface area contributed by atoms with E-state index >= 15 is 0 Å². The zero-order valence-corrected chi connectivity index (χ0v) is 9.37. The van der Waals surface area contributed by atoms with E-state index in [1.165, 1.54) is 12.6 Å². The fourth-order valence-electron chi connectivity index (χ4n) is 1.81. The Kier molecular flexibility index (Phi) is 2.22. The Morgan fingerprint density at radius 3 is 2.67 bits per heavy atom. The van der Waals surface area contributed by atoms with E-state index in [9.17, 15) is 8.42 Å². The minimum Gasteiger partial charge on any atom is -0.367 e. The summed E-state index contributed by atoms with van der Waals surface area (Å²) in [5.41, 5.74) is 5.25. The Morgan fingerprint density at radius 2 is 2.27 bits per heavy atom. The number of aromatic nitrogens is 3. The lowest BCUT2D eigenvalue weighted by Crippen LogP contribution is -2.21. The molecule has 7 heteroatoms. The van der Waals surface area contributed by atoms with Gasteiger partial charge in [0.15, 0.2) is 0 Å². The van der Waals surface area contributed by atoms with Crippen LogP contribution in [0, 0.1) is 5.41 Å². The number of nitrogens with two attached hydrogens (primary N) is 1. The summed E-state index contributed by atoms with van der Waals surface area (Å²) in [6.07, 6.45) is 4.67. The summed E-state index contributed by atoms with van der Waals surface area (Å²) in [6.45, 7) is 0.588. The second-order valence-corrected chi connectivity index (χ2v) is 6.51. The normalized spacial score (nSPS) is 19.0. The van der Waals surface area contributed by atoms with Gasteiger partial charge in [-0.1, -0.05) is 0 Å². The molecule has 0 unspecified atom stereocenters. The summed E-state index contributed by atoms with van der Waals surface area (Å²) in [6, 6.07) is 0. The molecule has 1 saturated carbocycles. The maximum atomic E-state index is 11.2. The molecule has 6 nitrogen and oxygen atoms in total. The lowest BCUT2D eigenvalue weighted by Gasteiger charge is -2.12. The van der Waals surface area contributed by atoms with Crippen molar-refractivity contribution in [3.8, 4) is 0 Å². The molecule has 15 heavy (non-hydrogen) atoms. The molecule has 0 radical (unpaired) electrons. The highest BCUT2D eigenvalue weighted by atomic mass is 32.2. The third-order valence-corrected chi connectivity index (χ3v) is 3.71. The monoisotopic (exact) mass is 230 g/mol. The first kappa shape index (κ1) is 10.4. The van der Waals surface area contributed by atoms with E-state index in [2.05, 4.69) is 10.1 Å². The van der Waals surface area contributed by atoms with Crippen molar-refractivity contribution < 1.29 is 8.42 Å². The molecule has 1 aliphatic carbocycles. The van der Waals surface area contributed by atoms with Crippen molar-refractivity contribution in [2.75, 3.05) is 17.7 Å². The minimum atomic E-state index is -2.93. The first-order chi connectivity index (χ1) is 6.89. The number of nitrogen functional groups attached to an aromatic ring is 1. The third-order valence-electron chi connectivity index (χ3n) is 2.58. The lowest BCUT2D eigenvalue weighted by atomic mass is 10.1. The molecular weight excluding hydrogens is 216 g/mol. The van der Waals surface area contributed by atoms with Gasteiger partial charge in [-0.05, 0) is 12.8 Å². The quantitative estimate of drug-likeness (QED) is 0.765. The zero-order chi connectivity index (χ0) is 11.1. The Morgan fingerprint density at radius 1 is 1.60 bits per heavy atom. The molecule has 2 rings (SSSR count). The van der Waals surface area contributed by atoms with Crippen molar-refractivity contribution in [1.82, 2.24) is 14.8 Å². The van der Waals surface area contributed by atoms with Gasteiger partial charge in [-0.15, -0.1) is 5.10 Å². The van der Waals surface area contributed by atoms with Crippen LogP contribution in [0.1, 0.15) is 12.8 Å². The summed E-state index contributed by atoms with van der Waals surface area (Å²) in [5.74, 6) is 0.449. The molecule has 1 aromatic heterocycles. The van der Waals surface area contributed by atoms with Crippen LogP contribution in [0.2, 0.25) is 0 Å². The van der Waals surface area contributed by atoms with Gasteiger partial charge >= 0.3 is 0 Å². The van der Waals surface area contributed by atoms with E-state index in [0.29, 0.717) is 6.54 Å². The Hall–Kier alpha value is -1.11. The van der Waals surface area contributed by atoms with Crippen molar-refractivity contribution in [3.05, 3.63) is 6.33 Å². The molecule has 1 aliphatic rings. The van der Waals surface area contributed by atoms with Gasteiger partial charge in [0.1, 0.15) is 16.2 Å². The molecule has 0 spiro atoms. The zero-order valence-electron chi connectivity index (χ0n) is 8.55. The summed E-state index contributed by atoms with van der Waals surface area (Å²) in [7, 11) is -2.93. The van der Waals surface area contributed by atoms with Crippen LogP contribution in [0.3, 0.4) is 0 Å². The largest absolute Gasteiger partial charge is 0.367 e. The second-order valence-electron chi connectivity index (χ2n) is 4.37. The SMILES string of the molecule is CS(=O)(=O)CC1(Cn2cnc(N)n2)CC1. The van der Waals surface area contributed by atoms with Gasteiger partial charge in [-0.2, -0.15) is 0 Å². The van der Waals surface area contributed by atoms with Gasteiger partial charge in [0.05, 0.1) is 5.75 Å². The molecular formula is C8H14N4O2S. The topological polar surface area (TPSA) is 90.9 Å². The van der Waals surface area contributed by atoms with Crippen molar-refractivity contribution in [3.63, 3.8) is 0 Å². The predicted molar refractivity (Wildman–Crippen MR) is 55.8 cm³/mol. The number of rotatable bonds is 4. The van der Waals surface area contributed by atoms with Gasteiger partial charge in [0.25, 0.3) is 0 Å². The van der Waals surface area contributed by atoms with Crippen LogP contribution >= 0.6 is 0 Å². The van der Waals surface area contributed by atoms with E-state index in [1.807, 2.05) is 0 Å². The van der Waals surface area contributed by atoms with Crippen molar-refractivity contribution in [2.24, 2.45) is 5.41 Å². The number of nitrogens with zero attached hydrogens (tertiary/aromatic N) is 3. The summed E-state index contributed by atoms with van der Waals surface area (Å²) in [4.78, 5) is 3.81. The molecule has 0 aliphatic heterocycles. The van der Waals surface area contributed by atoms with E-state index in [1.54, 1.807) is 4.68 Å². The van der Waals surface area contributed by atoms with Crippen LogP contribution in [0.5, 0.6) is 0 Å². The van der Waals surface area contributed by atoms with Crippen LogP contribution in [0.4, 0.5) is 5.95 Å². The van der Waals surface area contributed by atoms with Gasteiger partial charge in [0.2, 0.25) is 5.95 Å². The first-order valence-corrected chi connectivity index (χ1v) is 6.77. The number of sulfone groups is 1. The first-order valence-electron chi connectivity index (χ1n) is 4.71. The fraction of sp³-hybridized carbons (Fsp3) is 0.750. The highest BCUT2D eigenvalue weighted by molar-refractivity contribution is 7.90.